The van der Waals surface area contributed by atoms with E-state index in [0.29, 0.717) is 26.2 Å². The Morgan fingerprint density at radius 1 is 1.10 bits per heavy atom. The van der Waals surface area contributed by atoms with E-state index in [0.717, 1.165) is 0 Å². The van der Waals surface area contributed by atoms with Crippen LogP contribution in [0.25, 0.3) is 0 Å². The van der Waals surface area contributed by atoms with Crippen molar-refractivity contribution >= 4 is 28.3 Å². The normalized spacial score (nSPS) is 16.6. The van der Waals surface area contributed by atoms with Crippen LogP contribution in [0.3, 0.4) is 0 Å². The Kier molecular flexibility index (Phi) is 5.94. The predicted octanol–water partition coefficient (Wildman–Crippen LogP) is -0.100. The summed E-state index contributed by atoms with van der Waals surface area (Å²) in [6.07, 6.45) is 0. The molecule has 0 unspecified atom stereocenters. The number of sulfonamides is 1. The standard InChI is InChI=1S/C12H17N3O3S.ClH/c13-10-12(16)14-6-8-15(9-7-14)19(17,18)11-4-2-1-3-5-11;/h1-5H,6-10,13H2;1H. The van der Waals surface area contributed by atoms with Gasteiger partial charge in [0.25, 0.3) is 0 Å². The second kappa shape index (κ2) is 7.03. The van der Waals surface area contributed by atoms with E-state index in [-0.39, 0.29) is 29.8 Å². The maximum atomic E-state index is 12.3. The van der Waals surface area contributed by atoms with E-state index in [2.05, 4.69) is 0 Å². The van der Waals surface area contributed by atoms with Crippen LogP contribution in [0.2, 0.25) is 0 Å². The number of piperazine rings is 1. The second-order valence-corrected chi connectivity index (χ2v) is 6.24. The van der Waals surface area contributed by atoms with E-state index in [1.807, 2.05) is 0 Å². The molecular weight excluding hydrogens is 302 g/mol. The number of carbonyl (C=O) groups is 1. The number of benzene rings is 1. The van der Waals surface area contributed by atoms with Gasteiger partial charge >= 0.3 is 0 Å². The highest BCUT2D eigenvalue weighted by atomic mass is 35.5. The molecule has 0 saturated carbocycles. The van der Waals surface area contributed by atoms with Crippen LogP contribution in [0, 0.1) is 0 Å². The minimum Gasteiger partial charge on any atom is -0.339 e. The maximum Gasteiger partial charge on any atom is 0.243 e. The number of nitrogens with two attached hydrogens (primary N) is 1. The summed E-state index contributed by atoms with van der Waals surface area (Å²) in [6, 6.07) is 8.32. The smallest absolute Gasteiger partial charge is 0.243 e. The SMILES string of the molecule is Cl.NCC(=O)N1CCN(S(=O)(=O)c2ccccc2)CC1. The molecule has 1 aromatic rings. The van der Waals surface area contributed by atoms with Gasteiger partial charge in [0.2, 0.25) is 15.9 Å². The number of halogens is 1. The molecule has 0 bridgehead atoms. The molecular formula is C12H18ClN3O3S. The third-order valence-electron chi connectivity index (χ3n) is 3.15. The van der Waals surface area contributed by atoms with Gasteiger partial charge in [0.15, 0.2) is 0 Å². The molecule has 0 spiro atoms. The molecule has 1 saturated heterocycles. The maximum absolute atomic E-state index is 12.3. The Bertz CT molecular complexity index is 542. The molecule has 0 aliphatic carbocycles. The van der Waals surface area contributed by atoms with Gasteiger partial charge in [-0.25, -0.2) is 8.42 Å². The second-order valence-electron chi connectivity index (χ2n) is 4.30. The molecule has 1 aliphatic heterocycles. The lowest BCUT2D eigenvalue weighted by atomic mass is 10.3. The number of nitrogens with zero attached hydrogens (tertiary/aromatic N) is 2. The average Bonchev–Trinajstić information content (AvgIpc) is 2.47. The van der Waals surface area contributed by atoms with Crippen molar-refractivity contribution in [1.29, 1.82) is 0 Å². The molecule has 0 aromatic heterocycles. The van der Waals surface area contributed by atoms with Crippen molar-refractivity contribution in [2.75, 3.05) is 32.7 Å². The van der Waals surface area contributed by atoms with E-state index >= 15 is 0 Å². The predicted molar refractivity (Wildman–Crippen MR) is 78.1 cm³/mol. The third kappa shape index (κ3) is 3.49. The first-order chi connectivity index (χ1) is 9.05. The van der Waals surface area contributed by atoms with Crippen LogP contribution < -0.4 is 5.73 Å². The van der Waals surface area contributed by atoms with Crippen molar-refractivity contribution in [3.8, 4) is 0 Å². The number of hydrogen-bond acceptors (Lipinski definition) is 4. The monoisotopic (exact) mass is 319 g/mol. The summed E-state index contributed by atoms with van der Waals surface area (Å²) in [5, 5.41) is 0. The van der Waals surface area contributed by atoms with Gasteiger partial charge in [-0.1, -0.05) is 18.2 Å². The van der Waals surface area contributed by atoms with Crippen LogP contribution in [0.5, 0.6) is 0 Å². The Morgan fingerprint density at radius 2 is 1.65 bits per heavy atom. The van der Waals surface area contributed by atoms with Crippen molar-refractivity contribution in [1.82, 2.24) is 9.21 Å². The first kappa shape index (κ1) is 16.9. The van der Waals surface area contributed by atoms with Crippen molar-refractivity contribution in [2.45, 2.75) is 4.90 Å². The van der Waals surface area contributed by atoms with Crippen LogP contribution in [0.4, 0.5) is 0 Å². The zero-order chi connectivity index (χ0) is 13.9. The van der Waals surface area contributed by atoms with E-state index in [4.69, 9.17) is 5.73 Å². The minimum atomic E-state index is -3.45. The van der Waals surface area contributed by atoms with Crippen molar-refractivity contribution in [2.24, 2.45) is 5.73 Å². The first-order valence-corrected chi connectivity index (χ1v) is 7.53. The van der Waals surface area contributed by atoms with Crippen molar-refractivity contribution in [3.05, 3.63) is 30.3 Å². The zero-order valence-corrected chi connectivity index (χ0v) is 12.6. The molecule has 8 heteroatoms. The number of hydrogen-bond donors (Lipinski definition) is 1. The average molecular weight is 320 g/mol. The van der Waals surface area contributed by atoms with Gasteiger partial charge < -0.3 is 10.6 Å². The largest absolute Gasteiger partial charge is 0.339 e. The van der Waals surface area contributed by atoms with Crippen LogP contribution in [0.15, 0.2) is 35.2 Å². The summed E-state index contributed by atoms with van der Waals surface area (Å²) in [5.74, 6) is -0.142. The number of rotatable bonds is 3. The topological polar surface area (TPSA) is 83.7 Å². The summed E-state index contributed by atoms with van der Waals surface area (Å²) in [4.78, 5) is 13.3. The fourth-order valence-electron chi connectivity index (χ4n) is 2.05. The van der Waals surface area contributed by atoms with E-state index in [1.54, 1.807) is 35.2 Å². The van der Waals surface area contributed by atoms with Crippen LogP contribution in [0.1, 0.15) is 0 Å². The Balaban J connectivity index is 0.00000200. The molecule has 1 amide bonds. The summed E-state index contributed by atoms with van der Waals surface area (Å²) in [5.41, 5.74) is 5.29. The highest BCUT2D eigenvalue weighted by Crippen LogP contribution is 2.16. The van der Waals surface area contributed by atoms with Crippen molar-refractivity contribution < 1.29 is 13.2 Å². The summed E-state index contributed by atoms with van der Waals surface area (Å²) in [6.45, 7) is 1.36. The molecule has 1 aromatic carbocycles. The molecule has 6 nitrogen and oxygen atoms in total. The molecule has 112 valence electrons. The molecule has 1 fully saturated rings. The van der Waals surface area contributed by atoms with Gasteiger partial charge in [-0.15, -0.1) is 12.4 Å². The fraction of sp³-hybridized carbons (Fsp3) is 0.417. The highest BCUT2D eigenvalue weighted by molar-refractivity contribution is 7.89. The lowest BCUT2D eigenvalue weighted by molar-refractivity contribution is -0.130. The van der Waals surface area contributed by atoms with Gasteiger partial charge in [-0.2, -0.15) is 4.31 Å². The molecule has 1 heterocycles. The Labute approximate surface area is 125 Å². The van der Waals surface area contributed by atoms with Gasteiger partial charge in [-0.3, -0.25) is 4.79 Å². The van der Waals surface area contributed by atoms with Gasteiger partial charge in [0, 0.05) is 26.2 Å². The zero-order valence-electron chi connectivity index (χ0n) is 10.9. The third-order valence-corrected chi connectivity index (χ3v) is 5.06. The lowest BCUT2D eigenvalue weighted by Gasteiger charge is -2.33. The first-order valence-electron chi connectivity index (χ1n) is 6.09. The quantitative estimate of drug-likeness (QED) is 0.843. The summed E-state index contributed by atoms with van der Waals surface area (Å²) >= 11 is 0. The lowest BCUT2D eigenvalue weighted by Crippen LogP contribution is -2.51. The number of amides is 1. The summed E-state index contributed by atoms with van der Waals surface area (Å²) < 4.78 is 26.1. The molecule has 1 aliphatic rings. The molecule has 2 N–H and O–H groups in total. The van der Waals surface area contributed by atoms with Crippen LogP contribution in [-0.4, -0.2) is 56.3 Å². The molecule has 20 heavy (non-hydrogen) atoms. The number of carbonyl (C=O) groups excluding carboxylic acids is 1. The van der Waals surface area contributed by atoms with E-state index in [1.165, 1.54) is 4.31 Å². The summed E-state index contributed by atoms with van der Waals surface area (Å²) in [7, 11) is -3.45. The highest BCUT2D eigenvalue weighted by Gasteiger charge is 2.29. The fourth-order valence-corrected chi connectivity index (χ4v) is 3.49. The van der Waals surface area contributed by atoms with Crippen molar-refractivity contribution in [3.63, 3.8) is 0 Å². The Hall–Kier alpha value is -1.15. The van der Waals surface area contributed by atoms with Crippen LogP contribution >= 0.6 is 12.4 Å². The van der Waals surface area contributed by atoms with Gasteiger partial charge in [0.05, 0.1) is 11.4 Å². The van der Waals surface area contributed by atoms with E-state index < -0.39 is 10.0 Å². The Morgan fingerprint density at radius 3 is 2.15 bits per heavy atom. The molecule has 2 rings (SSSR count). The molecule has 0 atom stereocenters. The van der Waals surface area contributed by atoms with Gasteiger partial charge in [-0.05, 0) is 12.1 Å². The van der Waals surface area contributed by atoms with E-state index in [9.17, 15) is 13.2 Å². The van der Waals surface area contributed by atoms with Crippen LogP contribution in [-0.2, 0) is 14.8 Å². The minimum absolute atomic E-state index is 0. The molecule has 0 radical (unpaired) electrons. The van der Waals surface area contributed by atoms with Gasteiger partial charge in [0.1, 0.15) is 0 Å².